The van der Waals surface area contributed by atoms with Gasteiger partial charge in [-0.2, -0.15) is 5.10 Å². The molecule has 0 saturated carbocycles. The molecule has 1 aliphatic rings. The molecule has 2 heterocycles. The molecule has 5 nitrogen and oxygen atoms in total. The third kappa shape index (κ3) is 3.51. The van der Waals surface area contributed by atoms with Crippen molar-refractivity contribution in [2.45, 2.75) is 6.54 Å². The largest absolute Gasteiger partial charge is 0.506 e. The van der Waals surface area contributed by atoms with Gasteiger partial charge in [-0.3, -0.25) is 4.90 Å². The number of para-hydroxylation sites is 3. The zero-order chi connectivity index (χ0) is 17.1. The van der Waals surface area contributed by atoms with Crippen LogP contribution in [0.25, 0.3) is 5.69 Å². The Morgan fingerprint density at radius 2 is 1.60 bits per heavy atom. The summed E-state index contributed by atoms with van der Waals surface area (Å²) >= 11 is 0. The van der Waals surface area contributed by atoms with Gasteiger partial charge in [-0.1, -0.05) is 30.3 Å². The molecule has 0 aliphatic carbocycles. The SMILES string of the molecule is Oc1ccccc1N1CCN(Cc2cnn(-c3ccccc3)c2)CC1. The lowest BCUT2D eigenvalue weighted by Gasteiger charge is -2.36. The Morgan fingerprint density at radius 1 is 0.880 bits per heavy atom. The fourth-order valence-corrected chi connectivity index (χ4v) is 3.30. The zero-order valence-electron chi connectivity index (χ0n) is 14.1. The lowest BCUT2D eigenvalue weighted by molar-refractivity contribution is 0.249. The van der Waals surface area contributed by atoms with E-state index in [1.165, 1.54) is 5.56 Å². The van der Waals surface area contributed by atoms with E-state index in [0.717, 1.165) is 44.1 Å². The number of aromatic hydroxyl groups is 1. The van der Waals surface area contributed by atoms with E-state index in [1.807, 2.05) is 47.3 Å². The quantitative estimate of drug-likeness (QED) is 0.797. The van der Waals surface area contributed by atoms with E-state index < -0.39 is 0 Å². The molecule has 0 atom stereocenters. The number of nitrogens with zero attached hydrogens (tertiary/aromatic N) is 4. The smallest absolute Gasteiger partial charge is 0.138 e. The first-order valence-corrected chi connectivity index (χ1v) is 8.64. The Hall–Kier alpha value is -2.79. The Labute approximate surface area is 147 Å². The number of phenolic OH excluding ortho intramolecular Hbond substituents is 1. The molecule has 5 heteroatoms. The van der Waals surface area contributed by atoms with E-state index in [0.29, 0.717) is 5.75 Å². The molecule has 1 saturated heterocycles. The maximum absolute atomic E-state index is 10.0. The number of rotatable bonds is 4. The number of benzene rings is 2. The number of phenols is 1. The van der Waals surface area contributed by atoms with Crippen molar-refractivity contribution in [3.05, 3.63) is 72.6 Å². The molecule has 1 aromatic heterocycles. The van der Waals surface area contributed by atoms with Crippen molar-refractivity contribution in [2.75, 3.05) is 31.1 Å². The molecule has 3 aromatic rings. The minimum atomic E-state index is 0.361. The highest BCUT2D eigenvalue weighted by Crippen LogP contribution is 2.27. The third-order valence-electron chi connectivity index (χ3n) is 4.66. The summed E-state index contributed by atoms with van der Waals surface area (Å²) in [5.74, 6) is 0.361. The highest BCUT2D eigenvalue weighted by Gasteiger charge is 2.19. The molecule has 25 heavy (non-hydrogen) atoms. The maximum atomic E-state index is 10.0. The summed E-state index contributed by atoms with van der Waals surface area (Å²) in [5.41, 5.74) is 3.23. The fraction of sp³-hybridized carbons (Fsp3) is 0.250. The van der Waals surface area contributed by atoms with Crippen molar-refractivity contribution >= 4 is 5.69 Å². The molecule has 1 N–H and O–H groups in total. The zero-order valence-corrected chi connectivity index (χ0v) is 14.1. The molecular weight excluding hydrogens is 312 g/mol. The molecule has 0 amide bonds. The Bertz CT molecular complexity index is 822. The number of hydrogen-bond acceptors (Lipinski definition) is 4. The minimum absolute atomic E-state index is 0.361. The van der Waals surface area contributed by atoms with Gasteiger partial charge in [-0.25, -0.2) is 4.68 Å². The molecule has 4 rings (SSSR count). The number of anilines is 1. The van der Waals surface area contributed by atoms with Crippen LogP contribution in [0, 0.1) is 0 Å². The van der Waals surface area contributed by atoms with E-state index in [-0.39, 0.29) is 0 Å². The number of hydrogen-bond donors (Lipinski definition) is 1. The highest BCUT2D eigenvalue weighted by atomic mass is 16.3. The molecule has 0 spiro atoms. The summed E-state index contributed by atoms with van der Waals surface area (Å²) < 4.78 is 1.92. The van der Waals surface area contributed by atoms with Gasteiger partial charge in [0.1, 0.15) is 5.75 Å². The monoisotopic (exact) mass is 334 g/mol. The lowest BCUT2D eigenvalue weighted by atomic mass is 10.2. The van der Waals surface area contributed by atoms with Crippen LogP contribution in [-0.4, -0.2) is 46.0 Å². The second-order valence-corrected chi connectivity index (χ2v) is 6.38. The second kappa shape index (κ2) is 6.99. The summed E-state index contributed by atoms with van der Waals surface area (Å²) in [6.07, 6.45) is 4.05. The van der Waals surface area contributed by atoms with Crippen LogP contribution in [0.3, 0.4) is 0 Å². The van der Waals surface area contributed by atoms with Gasteiger partial charge >= 0.3 is 0 Å². The van der Waals surface area contributed by atoms with Crippen molar-refractivity contribution in [2.24, 2.45) is 0 Å². The topological polar surface area (TPSA) is 44.5 Å². The van der Waals surface area contributed by atoms with Crippen LogP contribution in [0.2, 0.25) is 0 Å². The molecular formula is C20H22N4O. The van der Waals surface area contributed by atoms with Crippen LogP contribution < -0.4 is 4.90 Å². The first-order chi connectivity index (χ1) is 12.3. The van der Waals surface area contributed by atoms with Gasteiger partial charge in [-0.05, 0) is 24.3 Å². The predicted octanol–water partition coefficient (Wildman–Crippen LogP) is 2.90. The van der Waals surface area contributed by atoms with Gasteiger partial charge in [0.2, 0.25) is 0 Å². The van der Waals surface area contributed by atoms with E-state index in [9.17, 15) is 5.11 Å². The third-order valence-corrected chi connectivity index (χ3v) is 4.66. The Balaban J connectivity index is 1.36. The molecule has 0 unspecified atom stereocenters. The van der Waals surface area contributed by atoms with E-state index in [4.69, 9.17) is 0 Å². The van der Waals surface area contributed by atoms with Crippen LogP contribution in [-0.2, 0) is 6.54 Å². The first kappa shape index (κ1) is 15.7. The van der Waals surface area contributed by atoms with Gasteiger partial charge in [0.15, 0.2) is 0 Å². The molecule has 2 aromatic carbocycles. The minimum Gasteiger partial charge on any atom is -0.506 e. The van der Waals surface area contributed by atoms with Crippen molar-refractivity contribution in [1.82, 2.24) is 14.7 Å². The van der Waals surface area contributed by atoms with E-state index in [1.54, 1.807) is 6.07 Å². The average molecular weight is 334 g/mol. The molecule has 1 aliphatic heterocycles. The van der Waals surface area contributed by atoms with Crippen LogP contribution >= 0.6 is 0 Å². The maximum Gasteiger partial charge on any atom is 0.138 e. The summed E-state index contributed by atoms with van der Waals surface area (Å²) in [6.45, 7) is 4.70. The summed E-state index contributed by atoms with van der Waals surface area (Å²) in [5, 5.41) is 14.5. The summed E-state index contributed by atoms with van der Waals surface area (Å²) in [4.78, 5) is 4.68. The lowest BCUT2D eigenvalue weighted by Crippen LogP contribution is -2.45. The average Bonchev–Trinajstić information content (AvgIpc) is 3.12. The second-order valence-electron chi connectivity index (χ2n) is 6.38. The van der Waals surface area contributed by atoms with Gasteiger partial charge in [0, 0.05) is 44.5 Å². The molecule has 128 valence electrons. The van der Waals surface area contributed by atoms with Crippen molar-refractivity contribution in [3.63, 3.8) is 0 Å². The van der Waals surface area contributed by atoms with Crippen LogP contribution in [0.1, 0.15) is 5.56 Å². The van der Waals surface area contributed by atoms with Gasteiger partial charge < -0.3 is 10.0 Å². The Kier molecular flexibility index (Phi) is 4.39. The van der Waals surface area contributed by atoms with Crippen LogP contribution in [0.15, 0.2) is 67.0 Å². The van der Waals surface area contributed by atoms with Crippen molar-refractivity contribution in [1.29, 1.82) is 0 Å². The van der Waals surface area contributed by atoms with Gasteiger partial charge in [0.25, 0.3) is 0 Å². The molecule has 1 fully saturated rings. The highest BCUT2D eigenvalue weighted by molar-refractivity contribution is 5.57. The summed E-state index contributed by atoms with van der Waals surface area (Å²) in [7, 11) is 0. The normalized spacial score (nSPS) is 15.4. The fourth-order valence-electron chi connectivity index (χ4n) is 3.30. The number of piperazine rings is 1. The van der Waals surface area contributed by atoms with E-state index in [2.05, 4.69) is 33.2 Å². The van der Waals surface area contributed by atoms with Gasteiger partial charge in [0.05, 0.1) is 17.6 Å². The van der Waals surface area contributed by atoms with Crippen molar-refractivity contribution in [3.8, 4) is 11.4 Å². The molecule has 0 bridgehead atoms. The standard InChI is InChI=1S/C20H22N4O/c25-20-9-5-4-8-19(20)23-12-10-22(11-13-23)15-17-14-21-24(16-17)18-6-2-1-3-7-18/h1-9,14,16,25H,10-13,15H2. The van der Waals surface area contributed by atoms with Crippen LogP contribution in [0.5, 0.6) is 5.75 Å². The van der Waals surface area contributed by atoms with Crippen molar-refractivity contribution < 1.29 is 5.11 Å². The predicted molar refractivity (Wildman–Crippen MR) is 99.2 cm³/mol. The Morgan fingerprint density at radius 3 is 2.36 bits per heavy atom. The number of aromatic nitrogens is 2. The first-order valence-electron chi connectivity index (χ1n) is 8.64. The van der Waals surface area contributed by atoms with E-state index >= 15 is 0 Å². The van der Waals surface area contributed by atoms with Crippen LogP contribution in [0.4, 0.5) is 5.69 Å². The molecule has 0 radical (unpaired) electrons. The van der Waals surface area contributed by atoms with Gasteiger partial charge in [-0.15, -0.1) is 0 Å². The summed E-state index contributed by atoms with van der Waals surface area (Å²) in [6, 6.07) is 17.7.